The third-order valence-corrected chi connectivity index (χ3v) is 5.72. The van der Waals surface area contributed by atoms with E-state index >= 15 is 0 Å². The van der Waals surface area contributed by atoms with E-state index in [1.807, 2.05) is 0 Å². The topological polar surface area (TPSA) is 84.3 Å². The van der Waals surface area contributed by atoms with Crippen LogP contribution in [-0.4, -0.2) is 28.4 Å². The minimum absolute atomic E-state index is 0.0882. The summed E-state index contributed by atoms with van der Waals surface area (Å²) in [5, 5.41) is 3.69. The predicted octanol–water partition coefficient (Wildman–Crippen LogP) is 3.77. The number of anilines is 2. The molecule has 3 aromatic rings. The summed E-state index contributed by atoms with van der Waals surface area (Å²) in [4.78, 5) is 43.9. The summed E-state index contributed by atoms with van der Waals surface area (Å²) < 4.78 is 1.74. The minimum Gasteiger partial charge on any atom is -0.326 e. The molecule has 31 heavy (non-hydrogen) atoms. The van der Waals surface area contributed by atoms with Crippen LogP contribution in [0.5, 0.6) is 0 Å². The summed E-state index contributed by atoms with van der Waals surface area (Å²) in [5.74, 6) is -0.00454. The van der Waals surface area contributed by atoms with Crippen LogP contribution < -0.4 is 15.8 Å². The van der Waals surface area contributed by atoms with E-state index in [0.29, 0.717) is 33.8 Å². The third-order valence-electron chi connectivity index (χ3n) is 5.48. The molecule has 0 bridgehead atoms. The molecule has 7 nitrogen and oxygen atoms in total. The number of carbonyl (C=O) groups is 2. The molecular formula is C23H23ClN4O3. The number of halogens is 1. The number of aromatic nitrogens is 2. The summed E-state index contributed by atoms with van der Waals surface area (Å²) in [5.41, 5.74) is 1.60. The molecule has 1 aliphatic heterocycles. The largest absolute Gasteiger partial charge is 0.326 e. The van der Waals surface area contributed by atoms with Crippen LogP contribution in [-0.2, 0) is 22.6 Å². The monoisotopic (exact) mass is 438 g/mol. The second-order valence-electron chi connectivity index (χ2n) is 7.68. The average Bonchev–Trinajstić information content (AvgIpc) is 2.99. The van der Waals surface area contributed by atoms with Crippen LogP contribution in [0.4, 0.5) is 11.4 Å². The fourth-order valence-corrected chi connectivity index (χ4v) is 3.97. The molecule has 2 aromatic carbocycles. The van der Waals surface area contributed by atoms with E-state index < -0.39 is 5.91 Å². The van der Waals surface area contributed by atoms with Crippen molar-refractivity contribution in [3.05, 3.63) is 63.7 Å². The molecule has 0 unspecified atom stereocenters. The summed E-state index contributed by atoms with van der Waals surface area (Å²) in [7, 11) is 1.59. The number of benzene rings is 2. The van der Waals surface area contributed by atoms with Crippen molar-refractivity contribution in [2.24, 2.45) is 0 Å². The summed E-state index contributed by atoms with van der Waals surface area (Å²) in [6, 6.07) is 11.9. The van der Waals surface area contributed by atoms with Gasteiger partial charge in [0, 0.05) is 36.4 Å². The Labute approximate surface area is 184 Å². The van der Waals surface area contributed by atoms with Gasteiger partial charge in [0.15, 0.2) is 0 Å². The highest BCUT2D eigenvalue weighted by Crippen LogP contribution is 2.20. The first-order valence-corrected chi connectivity index (χ1v) is 10.7. The third kappa shape index (κ3) is 4.61. The first kappa shape index (κ1) is 21.1. The van der Waals surface area contributed by atoms with Gasteiger partial charge in [-0.25, -0.2) is 4.98 Å². The van der Waals surface area contributed by atoms with Crippen molar-refractivity contribution in [2.75, 3.05) is 17.3 Å². The Balaban J connectivity index is 1.50. The molecule has 0 radical (unpaired) electrons. The maximum Gasteiger partial charge on any atom is 0.261 e. The van der Waals surface area contributed by atoms with E-state index in [9.17, 15) is 14.4 Å². The molecule has 1 aliphatic rings. The van der Waals surface area contributed by atoms with Crippen LogP contribution in [0.3, 0.4) is 0 Å². The lowest BCUT2D eigenvalue weighted by atomic mass is 10.2. The van der Waals surface area contributed by atoms with E-state index in [-0.39, 0.29) is 17.9 Å². The van der Waals surface area contributed by atoms with Gasteiger partial charge >= 0.3 is 0 Å². The van der Waals surface area contributed by atoms with E-state index in [1.54, 1.807) is 54.1 Å². The summed E-state index contributed by atoms with van der Waals surface area (Å²) in [6.45, 7) is 0.665. The number of carbonyl (C=O) groups excluding carboxylic acids is 2. The zero-order valence-corrected chi connectivity index (χ0v) is 18.0. The SMILES string of the molecule is CN(C(=O)CC(=O)Nc1ccc2nc3n(c(=O)c2c1)CCCCC3)c1cccc(Cl)c1. The highest BCUT2D eigenvalue weighted by atomic mass is 35.5. The van der Waals surface area contributed by atoms with Gasteiger partial charge in [-0.15, -0.1) is 0 Å². The Hall–Kier alpha value is -3.19. The van der Waals surface area contributed by atoms with Gasteiger partial charge in [0.1, 0.15) is 12.2 Å². The Morgan fingerprint density at radius 1 is 1.16 bits per heavy atom. The molecular weight excluding hydrogens is 416 g/mol. The van der Waals surface area contributed by atoms with Crippen molar-refractivity contribution in [2.45, 2.75) is 38.6 Å². The molecule has 0 aliphatic carbocycles. The van der Waals surface area contributed by atoms with Gasteiger partial charge in [-0.3, -0.25) is 19.0 Å². The van der Waals surface area contributed by atoms with Gasteiger partial charge in [0.2, 0.25) is 11.8 Å². The Bertz CT molecular complexity index is 1220. The minimum atomic E-state index is -0.457. The van der Waals surface area contributed by atoms with Crippen LogP contribution in [0.25, 0.3) is 10.9 Å². The van der Waals surface area contributed by atoms with Gasteiger partial charge in [-0.2, -0.15) is 0 Å². The highest BCUT2D eigenvalue weighted by Gasteiger charge is 2.17. The molecule has 0 fully saturated rings. The van der Waals surface area contributed by atoms with Gasteiger partial charge < -0.3 is 10.2 Å². The Kier molecular flexibility index (Phi) is 6.04. The molecule has 4 rings (SSSR count). The fraction of sp³-hybridized carbons (Fsp3) is 0.304. The van der Waals surface area contributed by atoms with Gasteiger partial charge in [0.25, 0.3) is 5.56 Å². The number of fused-ring (bicyclic) bond motifs is 2. The van der Waals surface area contributed by atoms with Crippen LogP contribution in [0, 0.1) is 0 Å². The fourth-order valence-electron chi connectivity index (χ4n) is 3.79. The molecule has 0 saturated heterocycles. The number of rotatable bonds is 4. The number of nitrogens with one attached hydrogen (secondary N) is 1. The van der Waals surface area contributed by atoms with Crippen molar-refractivity contribution in [3.63, 3.8) is 0 Å². The molecule has 0 saturated carbocycles. The first-order valence-electron chi connectivity index (χ1n) is 10.3. The van der Waals surface area contributed by atoms with E-state index in [1.165, 1.54) is 4.90 Å². The average molecular weight is 439 g/mol. The lowest BCUT2D eigenvalue weighted by molar-refractivity contribution is -0.125. The standard InChI is InChI=1S/C23H23ClN4O3/c1-27(17-7-5-6-15(24)12-17)22(30)14-21(29)25-16-9-10-19-18(13-16)23(31)28-11-4-2-3-8-20(28)26-19/h5-7,9-10,12-13H,2-4,8,11,14H2,1H3,(H,25,29). The molecule has 0 spiro atoms. The Morgan fingerprint density at radius 2 is 2.00 bits per heavy atom. The van der Waals surface area contributed by atoms with Crippen LogP contribution >= 0.6 is 11.6 Å². The van der Waals surface area contributed by atoms with Crippen LogP contribution in [0.15, 0.2) is 47.3 Å². The van der Waals surface area contributed by atoms with Crippen LogP contribution in [0.1, 0.15) is 31.5 Å². The van der Waals surface area contributed by atoms with Crippen molar-refractivity contribution in [3.8, 4) is 0 Å². The first-order chi connectivity index (χ1) is 14.9. The molecule has 1 aromatic heterocycles. The molecule has 2 amide bonds. The molecule has 1 N–H and O–H groups in total. The Morgan fingerprint density at radius 3 is 2.81 bits per heavy atom. The lowest BCUT2D eigenvalue weighted by Gasteiger charge is -2.17. The highest BCUT2D eigenvalue weighted by molar-refractivity contribution is 6.31. The normalized spacial score (nSPS) is 13.4. The van der Waals surface area contributed by atoms with Gasteiger partial charge in [-0.1, -0.05) is 24.1 Å². The summed E-state index contributed by atoms with van der Waals surface area (Å²) in [6.07, 6.45) is 3.54. The number of hydrogen-bond acceptors (Lipinski definition) is 4. The smallest absolute Gasteiger partial charge is 0.261 e. The maximum absolute atomic E-state index is 13.0. The van der Waals surface area contributed by atoms with E-state index in [2.05, 4.69) is 10.3 Å². The number of nitrogens with zero attached hydrogens (tertiary/aromatic N) is 3. The van der Waals surface area contributed by atoms with Crippen molar-refractivity contribution < 1.29 is 9.59 Å². The molecule has 0 atom stereocenters. The predicted molar refractivity (Wildman–Crippen MR) is 122 cm³/mol. The number of amides is 2. The molecule has 160 valence electrons. The van der Waals surface area contributed by atoms with E-state index in [0.717, 1.165) is 31.5 Å². The van der Waals surface area contributed by atoms with Crippen molar-refractivity contribution >= 4 is 45.7 Å². The zero-order valence-electron chi connectivity index (χ0n) is 17.2. The molecule has 8 heteroatoms. The van der Waals surface area contributed by atoms with Gasteiger partial charge in [-0.05, 0) is 49.2 Å². The molecule has 2 heterocycles. The number of hydrogen-bond donors (Lipinski definition) is 1. The zero-order chi connectivity index (χ0) is 22.0. The maximum atomic E-state index is 13.0. The summed E-state index contributed by atoms with van der Waals surface area (Å²) >= 11 is 5.97. The van der Waals surface area contributed by atoms with Crippen molar-refractivity contribution in [1.82, 2.24) is 9.55 Å². The van der Waals surface area contributed by atoms with Gasteiger partial charge in [0.05, 0.1) is 10.9 Å². The lowest BCUT2D eigenvalue weighted by Crippen LogP contribution is -2.30. The van der Waals surface area contributed by atoms with Crippen molar-refractivity contribution in [1.29, 1.82) is 0 Å². The second-order valence-corrected chi connectivity index (χ2v) is 8.12. The number of aryl methyl sites for hydroxylation is 1. The second kappa shape index (κ2) is 8.89. The van der Waals surface area contributed by atoms with E-state index in [4.69, 9.17) is 11.6 Å². The quantitative estimate of drug-likeness (QED) is 0.628. The van der Waals surface area contributed by atoms with Crippen LogP contribution in [0.2, 0.25) is 5.02 Å².